The summed E-state index contributed by atoms with van der Waals surface area (Å²) in [6, 6.07) is 7.92. The fourth-order valence-corrected chi connectivity index (χ4v) is 3.48. The number of hydrogen-bond donors (Lipinski definition) is 1. The van der Waals surface area contributed by atoms with Gasteiger partial charge in [-0.3, -0.25) is 15.1 Å². The number of aryl methyl sites for hydroxylation is 3. The smallest absolute Gasteiger partial charge is 0.259 e. The van der Waals surface area contributed by atoms with Gasteiger partial charge in [0, 0.05) is 11.8 Å². The molecule has 0 radical (unpaired) electrons. The van der Waals surface area contributed by atoms with Gasteiger partial charge < -0.3 is 0 Å². The maximum Gasteiger partial charge on any atom is 0.259 e. The van der Waals surface area contributed by atoms with Gasteiger partial charge in [-0.1, -0.05) is 43.2 Å². The molecule has 25 heavy (non-hydrogen) atoms. The zero-order valence-electron chi connectivity index (χ0n) is 14.8. The van der Waals surface area contributed by atoms with Crippen LogP contribution in [0.5, 0.6) is 0 Å². The molecule has 0 saturated heterocycles. The first-order chi connectivity index (χ1) is 12.1. The highest BCUT2D eigenvalue weighted by molar-refractivity contribution is 7.15. The van der Waals surface area contributed by atoms with E-state index in [1.807, 2.05) is 38.1 Å². The third kappa shape index (κ3) is 4.20. The Labute approximate surface area is 151 Å². The number of benzene rings is 1. The van der Waals surface area contributed by atoms with Crippen LogP contribution in [-0.4, -0.2) is 21.1 Å². The summed E-state index contributed by atoms with van der Waals surface area (Å²) >= 11 is 1.44. The lowest BCUT2D eigenvalue weighted by atomic mass is 10.1. The van der Waals surface area contributed by atoms with E-state index in [0.717, 1.165) is 34.3 Å². The molecule has 130 valence electrons. The highest BCUT2D eigenvalue weighted by atomic mass is 32.1. The van der Waals surface area contributed by atoms with E-state index in [1.54, 1.807) is 0 Å². The Morgan fingerprint density at radius 3 is 2.80 bits per heavy atom. The van der Waals surface area contributed by atoms with E-state index in [1.165, 1.54) is 24.2 Å². The molecule has 1 amide bonds. The van der Waals surface area contributed by atoms with Gasteiger partial charge in [0.15, 0.2) is 0 Å². The third-order valence-corrected chi connectivity index (χ3v) is 4.99. The standard InChI is InChI=1S/C19H22N4OS/c1-4-5-6-7-17-22-23-19(25-17)21-18(24)15-11-14-9-8-12(2)10-16(14)20-13(15)3/h8-11H,4-7H2,1-3H3,(H,21,23,24). The number of anilines is 1. The number of rotatable bonds is 6. The number of aromatic nitrogens is 3. The minimum atomic E-state index is -0.191. The third-order valence-electron chi connectivity index (χ3n) is 4.09. The summed E-state index contributed by atoms with van der Waals surface area (Å²) in [6.45, 7) is 6.06. The van der Waals surface area contributed by atoms with Crippen LogP contribution in [0.3, 0.4) is 0 Å². The van der Waals surface area contributed by atoms with E-state index in [2.05, 4.69) is 27.4 Å². The summed E-state index contributed by atoms with van der Waals surface area (Å²) in [7, 11) is 0. The van der Waals surface area contributed by atoms with Crippen LogP contribution < -0.4 is 5.32 Å². The van der Waals surface area contributed by atoms with Crippen molar-refractivity contribution < 1.29 is 4.79 Å². The van der Waals surface area contributed by atoms with Crippen molar-refractivity contribution in [3.8, 4) is 0 Å². The van der Waals surface area contributed by atoms with Gasteiger partial charge in [0.05, 0.1) is 16.8 Å². The molecule has 1 aromatic carbocycles. The molecule has 0 unspecified atom stereocenters. The van der Waals surface area contributed by atoms with Crippen molar-refractivity contribution in [2.45, 2.75) is 46.5 Å². The molecule has 2 heterocycles. The molecular weight excluding hydrogens is 332 g/mol. The van der Waals surface area contributed by atoms with Gasteiger partial charge in [-0.2, -0.15) is 0 Å². The summed E-state index contributed by atoms with van der Waals surface area (Å²) in [5, 5.41) is 13.6. The van der Waals surface area contributed by atoms with Crippen LogP contribution in [0.25, 0.3) is 10.9 Å². The Kier molecular flexibility index (Phi) is 5.38. The largest absolute Gasteiger partial charge is 0.296 e. The van der Waals surface area contributed by atoms with Crippen LogP contribution in [0, 0.1) is 13.8 Å². The average molecular weight is 354 g/mol. The van der Waals surface area contributed by atoms with Crippen molar-refractivity contribution in [3.05, 3.63) is 46.1 Å². The van der Waals surface area contributed by atoms with Crippen molar-refractivity contribution >= 4 is 33.3 Å². The van der Waals surface area contributed by atoms with E-state index < -0.39 is 0 Å². The van der Waals surface area contributed by atoms with Gasteiger partial charge in [-0.05, 0) is 38.0 Å². The van der Waals surface area contributed by atoms with Gasteiger partial charge in [-0.25, -0.2) is 0 Å². The zero-order chi connectivity index (χ0) is 17.8. The number of fused-ring (bicyclic) bond motifs is 1. The number of carbonyl (C=O) groups excluding carboxylic acids is 1. The maximum absolute atomic E-state index is 12.6. The second kappa shape index (κ2) is 7.70. The molecule has 3 rings (SSSR count). The van der Waals surface area contributed by atoms with E-state index >= 15 is 0 Å². The van der Waals surface area contributed by atoms with E-state index in [0.29, 0.717) is 16.4 Å². The maximum atomic E-state index is 12.6. The number of hydrogen-bond acceptors (Lipinski definition) is 5. The molecule has 0 aliphatic rings. The molecule has 0 spiro atoms. The molecule has 5 nitrogen and oxygen atoms in total. The highest BCUT2D eigenvalue weighted by Crippen LogP contribution is 2.21. The van der Waals surface area contributed by atoms with Crippen LogP contribution in [0.1, 0.15) is 52.8 Å². The topological polar surface area (TPSA) is 67.8 Å². The number of pyridine rings is 1. The van der Waals surface area contributed by atoms with Gasteiger partial charge in [-0.15, -0.1) is 10.2 Å². The quantitative estimate of drug-likeness (QED) is 0.652. The molecule has 2 aromatic heterocycles. The van der Waals surface area contributed by atoms with Crippen molar-refractivity contribution in [2.75, 3.05) is 5.32 Å². The number of carbonyl (C=O) groups is 1. The molecule has 0 aliphatic heterocycles. The fourth-order valence-electron chi connectivity index (χ4n) is 2.70. The number of nitrogens with one attached hydrogen (secondary N) is 1. The average Bonchev–Trinajstić information content (AvgIpc) is 3.01. The molecule has 6 heteroatoms. The van der Waals surface area contributed by atoms with Crippen LogP contribution in [0.4, 0.5) is 5.13 Å². The first-order valence-corrected chi connectivity index (χ1v) is 9.40. The van der Waals surface area contributed by atoms with Crippen LogP contribution in [0.2, 0.25) is 0 Å². The Hall–Kier alpha value is -2.34. The Balaban J connectivity index is 1.76. The van der Waals surface area contributed by atoms with Crippen molar-refractivity contribution in [2.24, 2.45) is 0 Å². The van der Waals surface area contributed by atoms with Gasteiger partial charge in [0.25, 0.3) is 5.91 Å². The first kappa shape index (κ1) is 17.5. The second-order valence-electron chi connectivity index (χ2n) is 6.23. The predicted octanol–water partition coefficient (Wildman–Crippen LogP) is 4.69. The van der Waals surface area contributed by atoms with Gasteiger partial charge in [0.2, 0.25) is 5.13 Å². The lowest BCUT2D eigenvalue weighted by Gasteiger charge is -2.07. The van der Waals surface area contributed by atoms with Gasteiger partial charge >= 0.3 is 0 Å². The lowest BCUT2D eigenvalue weighted by Crippen LogP contribution is -2.14. The normalized spacial score (nSPS) is 11.0. The summed E-state index contributed by atoms with van der Waals surface area (Å²) in [6.07, 6.45) is 4.38. The molecule has 0 fully saturated rings. The number of unbranched alkanes of at least 4 members (excludes halogenated alkanes) is 2. The number of amides is 1. The predicted molar refractivity (Wildman–Crippen MR) is 102 cm³/mol. The van der Waals surface area contributed by atoms with E-state index in [9.17, 15) is 4.79 Å². The summed E-state index contributed by atoms with van der Waals surface area (Å²) in [4.78, 5) is 17.2. The molecule has 0 atom stereocenters. The first-order valence-electron chi connectivity index (χ1n) is 8.58. The Bertz CT molecular complexity index is 904. The van der Waals surface area contributed by atoms with Crippen LogP contribution in [0.15, 0.2) is 24.3 Å². The second-order valence-corrected chi connectivity index (χ2v) is 7.29. The Morgan fingerprint density at radius 1 is 1.16 bits per heavy atom. The highest BCUT2D eigenvalue weighted by Gasteiger charge is 2.14. The van der Waals surface area contributed by atoms with Crippen molar-refractivity contribution in [1.29, 1.82) is 0 Å². The van der Waals surface area contributed by atoms with Crippen LogP contribution >= 0.6 is 11.3 Å². The summed E-state index contributed by atoms with van der Waals surface area (Å²) in [5.74, 6) is -0.191. The minimum absolute atomic E-state index is 0.191. The summed E-state index contributed by atoms with van der Waals surface area (Å²) in [5.41, 5.74) is 3.34. The Morgan fingerprint density at radius 2 is 2.00 bits per heavy atom. The number of nitrogens with zero attached hydrogens (tertiary/aromatic N) is 3. The molecular formula is C19H22N4OS. The molecule has 0 saturated carbocycles. The van der Waals surface area contributed by atoms with Crippen molar-refractivity contribution in [1.82, 2.24) is 15.2 Å². The van der Waals surface area contributed by atoms with E-state index in [-0.39, 0.29) is 5.91 Å². The zero-order valence-corrected chi connectivity index (χ0v) is 15.6. The molecule has 0 bridgehead atoms. The molecule has 0 aliphatic carbocycles. The summed E-state index contributed by atoms with van der Waals surface area (Å²) < 4.78 is 0. The fraction of sp³-hybridized carbons (Fsp3) is 0.368. The molecule has 3 aromatic rings. The minimum Gasteiger partial charge on any atom is -0.296 e. The van der Waals surface area contributed by atoms with Gasteiger partial charge in [0.1, 0.15) is 5.01 Å². The van der Waals surface area contributed by atoms with Crippen molar-refractivity contribution in [3.63, 3.8) is 0 Å². The SMILES string of the molecule is CCCCCc1nnc(NC(=O)c2cc3ccc(C)cc3nc2C)s1. The molecule has 1 N–H and O–H groups in total. The van der Waals surface area contributed by atoms with E-state index in [4.69, 9.17) is 0 Å². The monoisotopic (exact) mass is 354 g/mol. The lowest BCUT2D eigenvalue weighted by molar-refractivity contribution is 0.102. The van der Waals surface area contributed by atoms with Crippen LogP contribution in [-0.2, 0) is 6.42 Å².